The highest BCUT2D eigenvalue weighted by Crippen LogP contribution is 1.98. The van der Waals surface area contributed by atoms with E-state index < -0.39 is 0 Å². The molecule has 0 aromatic carbocycles. The smallest absolute Gasteiger partial charge is 0.0417 e. The van der Waals surface area contributed by atoms with E-state index in [2.05, 4.69) is 25.4 Å². The third kappa shape index (κ3) is 4.18. The molecule has 0 aromatic heterocycles. The minimum absolute atomic E-state index is 0.602. The second kappa shape index (κ2) is 5.79. The summed E-state index contributed by atoms with van der Waals surface area (Å²) in [6.45, 7) is 4.77. The molecule has 0 spiro atoms. The van der Waals surface area contributed by atoms with Crippen molar-refractivity contribution in [3.63, 3.8) is 0 Å². The molecule has 0 saturated heterocycles. The fourth-order valence-electron chi connectivity index (χ4n) is 0.732. The highest BCUT2D eigenvalue weighted by atomic mass is 16.5. The summed E-state index contributed by atoms with van der Waals surface area (Å²) in [5, 5.41) is 8.30. The van der Waals surface area contributed by atoms with Crippen LogP contribution in [0.2, 0.25) is 0 Å². The predicted molar refractivity (Wildman–Crippen MR) is 38.5 cm³/mol. The van der Waals surface area contributed by atoms with E-state index >= 15 is 0 Å². The Labute approximate surface area is 56.5 Å². The topological polar surface area (TPSA) is 32.3 Å². The highest BCUT2D eigenvalue weighted by Gasteiger charge is 1.88. The number of hydrogen-bond acceptors (Lipinski definition) is 2. The molecule has 0 heterocycles. The second-order valence-corrected chi connectivity index (χ2v) is 1.96. The van der Waals surface area contributed by atoms with Crippen LogP contribution in [0.1, 0.15) is 26.7 Å². The van der Waals surface area contributed by atoms with E-state index in [1.165, 1.54) is 5.57 Å². The Bertz CT molecular complexity index is 88.9. The molecule has 0 aromatic rings. The van der Waals surface area contributed by atoms with Gasteiger partial charge in [-0.3, -0.25) is 0 Å². The van der Waals surface area contributed by atoms with Crippen LogP contribution in [-0.4, -0.2) is 11.8 Å². The normalized spacial score (nSPS) is 12.1. The zero-order chi connectivity index (χ0) is 7.11. The second-order valence-electron chi connectivity index (χ2n) is 1.96. The Kier molecular flexibility index (Phi) is 5.57. The molecule has 0 aliphatic rings. The molecule has 0 rings (SSSR count). The molecule has 0 saturated carbocycles. The predicted octanol–water partition coefficient (Wildman–Crippen LogP) is 1.71. The third-order valence-electron chi connectivity index (χ3n) is 1.25. The lowest BCUT2D eigenvalue weighted by Crippen LogP contribution is -2.10. The van der Waals surface area contributed by atoms with Crippen molar-refractivity contribution in [2.45, 2.75) is 26.7 Å². The molecule has 54 valence electrons. The summed E-state index contributed by atoms with van der Waals surface area (Å²) >= 11 is 0. The van der Waals surface area contributed by atoms with Crippen molar-refractivity contribution in [2.75, 3.05) is 6.54 Å². The minimum Gasteiger partial charge on any atom is -0.317 e. The number of rotatable bonds is 4. The first kappa shape index (κ1) is 8.66. The molecule has 2 nitrogen and oxygen atoms in total. The van der Waals surface area contributed by atoms with Gasteiger partial charge in [-0.2, -0.15) is 0 Å². The Morgan fingerprint density at radius 1 is 1.56 bits per heavy atom. The minimum atomic E-state index is 0.602. The van der Waals surface area contributed by atoms with Gasteiger partial charge >= 0.3 is 0 Å². The fraction of sp³-hybridized carbons (Fsp3) is 0.714. The van der Waals surface area contributed by atoms with Crippen LogP contribution in [0.5, 0.6) is 0 Å². The van der Waals surface area contributed by atoms with Gasteiger partial charge in [-0.15, -0.1) is 0 Å². The van der Waals surface area contributed by atoms with Crippen LogP contribution in [0, 0.1) is 0 Å². The van der Waals surface area contributed by atoms with Crippen molar-refractivity contribution in [3.05, 3.63) is 11.6 Å². The lowest BCUT2D eigenvalue weighted by molar-refractivity contribution is 0.176. The van der Waals surface area contributed by atoms with Crippen molar-refractivity contribution in [1.29, 1.82) is 0 Å². The van der Waals surface area contributed by atoms with Crippen molar-refractivity contribution < 1.29 is 5.21 Å². The van der Waals surface area contributed by atoms with Gasteiger partial charge in [0.25, 0.3) is 0 Å². The molecule has 0 unspecified atom stereocenters. The number of hydrogen-bond donors (Lipinski definition) is 2. The van der Waals surface area contributed by atoms with Crippen LogP contribution in [0.3, 0.4) is 0 Å². The van der Waals surface area contributed by atoms with E-state index in [0.29, 0.717) is 6.54 Å². The van der Waals surface area contributed by atoms with Crippen LogP contribution >= 0.6 is 0 Å². The van der Waals surface area contributed by atoms with Gasteiger partial charge < -0.3 is 5.21 Å². The summed E-state index contributed by atoms with van der Waals surface area (Å²) in [5.41, 5.74) is 3.40. The average molecular weight is 129 g/mol. The van der Waals surface area contributed by atoms with Gasteiger partial charge in [-0.1, -0.05) is 25.5 Å². The molecule has 0 fully saturated rings. The molecule has 0 radical (unpaired) electrons. The monoisotopic (exact) mass is 129 g/mol. The summed E-state index contributed by atoms with van der Waals surface area (Å²) in [6, 6.07) is 0. The molecule has 2 heteroatoms. The lowest BCUT2D eigenvalue weighted by Gasteiger charge is -1.99. The standard InChI is InChI=1S/C7H15NO/c1-3-5-7(4-2)6-8-9/h5,8-9H,3-4,6H2,1-2H3/b7-5+. The van der Waals surface area contributed by atoms with Crippen LogP contribution in [0.15, 0.2) is 11.6 Å². The molecule has 0 aliphatic heterocycles. The molecule has 2 N–H and O–H groups in total. The lowest BCUT2D eigenvalue weighted by atomic mass is 10.2. The zero-order valence-corrected chi connectivity index (χ0v) is 6.15. The summed E-state index contributed by atoms with van der Waals surface area (Å²) in [6.07, 6.45) is 4.19. The summed E-state index contributed by atoms with van der Waals surface area (Å²) < 4.78 is 0. The van der Waals surface area contributed by atoms with Gasteiger partial charge in [-0.25, -0.2) is 5.48 Å². The molecular formula is C7H15NO. The van der Waals surface area contributed by atoms with Crippen molar-refractivity contribution in [3.8, 4) is 0 Å². The largest absolute Gasteiger partial charge is 0.317 e. The van der Waals surface area contributed by atoms with Gasteiger partial charge in [0, 0.05) is 6.54 Å². The number of nitrogens with one attached hydrogen (secondary N) is 1. The first-order chi connectivity index (χ1) is 4.35. The molecule has 0 amide bonds. The van der Waals surface area contributed by atoms with E-state index in [1.807, 2.05) is 0 Å². The van der Waals surface area contributed by atoms with Crippen molar-refractivity contribution in [1.82, 2.24) is 5.48 Å². The van der Waals surface area contributed by atoms with Gasteiger partial charge in [0.1, 0.15) is 0 Å². The van der Waals surface area contributed by atoms with Crippen LogP contribution in [0.4, 0.5) is 0 Å². The Morgan fingerprint density at radius 2 is 2.22 bits per heavy atom. The van der Waals surface area contributed by atoms with Crippen LogP contribution < -0.4 is 5.48 Å². The van der Waals surface area contributed by atoms with Gasteiger partial charge in [-0.05, 0) is 12.8 Å². The van der Waals surface area contributed by atoms with Crippen molar-refractivity contribution in [2.24, 2.45) is 0 Å². The molecule has 9 heavy (non-hydrogen) atoms. The van der Waals surface area contributed by atoms with Gasteiger partial charge in [0.15, 0.2) is 0 Å². The SMILES string of the molecule is CC/C=C(\CC)CNO. The fourth-order valence-corrected chi connectivity index (χ4v) is 0.732. The highest BCUT2D eigenvalue weighted by molar-refractivity contribution is 5.01. The van der Waals surface area contributed by atoms with Gasteiger partial charge in [0.2, 0.25) is 0 Å². The van der Waals surface area contributed by atoms with E-state index in [0.717, 1.165) is 12.8 Å². The third-order valence-corrected chi connectivity index (χ3v) is 1.25. The maximum Gasteiger partial charge on any atom is 0.0417 e. The van der Waals surface area contributed by atoms with E-state index in [1.54, 1.807) is 0 Å². The maximum atomic E-state index is 8.30. The van der Waals surface area contributed by atoms with E-state index in [9.17, 15) is 0 Å². The summed E-state index contributed by atoms with van der Waals surface area (Å²) in [7, 11) is 0. The Morgan fingerprint density at radius 3 is 2.56 bits per heavy atom. The Balaban J connectivity index is 3.53. The summed E-state index contributed by atoms with van der Waals surface area (Å²) in [5.74, 6) is 0. The quantitative estimate of drug-likeness (QED) is 0.447. The van der Waals surface area contributed by atoms with E-state index in [4.69, 9.17) is 5.21 Å². The first-order valence-corrected chi connectivity index (χ1v) is 3.40. The average Bonchev–Trinajstić information content (AvgIpc) is 1.88. The Hall–Kier alpha value is -0.340. The maximum absolute atomic E-state index is 8.30. The van der Waals surface area contributed by atoms with Crippen molar-refractivity contribution >= 4 is 0 Å². The van der Waals surface area contributed by atoms with E-state index in [-0.39, 0.29) is 0 Å². The zero-order valence-electron chi connectivity index (χ0n) is 6.15. The molecule has 0 aliphatic carbocycles. The number of allylic oxidation sites excluding steroid dienone is 1. The van der Waals surface area contributed by atoms with Crippen LogP contribution in [0.25, 0.3) is 0 Å². The first-order valence-electron chi connectivity index (χ1n) is 3.40. The molecular weight excluding hydrogens is 114 g/mol. The summed E-state index contributed by atoms with van der Waals surface area (Å²) in [4.78, 5) is 0. The van der Waals surface area contributed by atoms with Crippen LogP contribution in [-0.2, 0) is 0 Å². The van der Waals surface area contributed by atoms with Gasteiger partial charge in [0.05, 0.1) is 0 Å². The number of hydroxylamine groups is 1. The molecule has 0 atom stereocenters. The molecule has 0 bridgehead atoms.